The van der Waals surface area contributed by atoms with Crippen LogP contribution in [0.2, 0.25) is 0 Å². The Morgan fingerprint density at radius 3 is 1.59 bits per heavy atom. The van der Waals surface area contributed by atoms with Gasteiger partial charge < -0.3 is 24.8 Å². The second kappa shape index (κ2) is 11.4. The fraction of sp³-hybridized carbons (Fsp3) is 0.107. The zero-order valence-electron chi connectivity index (χ0n) is 18.9. The third-order valence-corrected chi connectivity index (χ3v) is 4.87. The Balaban J connectivity index is 1.25. The monoisotopic (exact) mass is 454 g/mol. The lowest BCUT2D eigenvalue weighted by Gasteiger charge is -2.11. The highest BCUT2D eigenvalue weighted by Crippen LogP contribution is 2.28. The average Bonchev–Trinajstić information content (AvgIpc) is 2.88. The number of carbonyl (C=O) groups is 1. The first-order chi connectivity index (χ1) is 16.7. The summed E-state index contributed by atoms with van der Waals surface area (Å²) in [6, 6.07) is 32.0. The summed E-state index contributed by atoms with van der Waals surface area (Å²) in [5, 5.41) is 6.03. The molecular weight excluding hydrogens is 428 g/mol. The lowest BCUT2D eigenvalue weighted by Crippen LogP contribution is -2.08. The Bertz CT molecular complexity index is 1180. The zero-order valence-corrected chi connectivity index (χ0v) is 18.9. The first-order valence-electron chi connectivity index (χ1n) is 11.1. The van der Waals surface area contributed by atoms with E-state index in [0.29, 0.717) is 30.4 Å². The lowest BCUT2D eigenvalue weighted by atomic mass is 10.2. The third-order valence-electron chi connectivity index (χ3n) is 4.87. The van der Waals surface area contributed by atoms with Gasteiger partial charge >= 0.3 is 0 Å². The molecule has 0 heterocycles. The topological polar surface area (TPSA) is 68.8 Å². The van der Waals surface area contributed by atoms with Crippen LogP contribution in [-0.2, 0) is 4.79 Å². The molecule has 0 radical (unpaired) electrons. The molecule has 4 aromatic carbocycles. The Morgan fingerprint density at radius 2 is 1.09 bits per heavy atom. The molecule has 0 saturated heterocycles. The van der Waals surface area contributed by atoms with Crippen LogP contribution < -0.4 is 24.8 Å². The predicted molar refractivity (Wildman–Crippen MR) is 134 cm³/mol. The smallest absolute Gasteiger partial charge is 0.224 e. The van der Waals surface area contributed by atoms with Gasteiger partial charge in [0.15, 0.2) is 6.73 Å². The SMILES string of the molecule is CCC(=O)Nc1ccc(Oc2ccc(Oc3ccc(NCOc4ccccc4)cc3)cc2)cc1. The summed E-state index contributed by atoms with van der Waals surface area (Å²) < 4.78 is 17.4. The van der Waals surface area contributed by atoms with Crippen molar-refractivity contribution in [3.8, 4) is 28.7 Å². The number of benzene rings is 4. The largest absolute Gasteiger partial charge is 0.473 e. The molecule has 0 aliphatic heterocycles. The average molecular weight is 455 g/mol. The van der Waals surface area contributed by atoms with Crippen LogP contribution >= 0.6 is 0 Å². The minimum atomic E-state index is -0.0211. The van der Waals surface area contributed by atoms with Crippen LogP contribution in [0.25, 0.3) is 0 Å². The van der Waals surface area contributed by atoms with Gasteiger partial charge in [0.1, 0.15) is 28.7 Å². The number of anilines is 2. The van der Waals surface area contributed by atoms with E-state index < -0.39 is 0 Å². The Kier molecular flexibility index (Phi) is 7.64. The number of rotatable bonds is 10. The fourth-order valence-corrected chi connectivity index (χ4v) is 3.06. The summed E-state index contributed by atoms with van der Waals surface area (Å²) in [5.74, 6) is 3.61. The molecule has 172 valence electrons. The van der Waals surface area contributed by atoms with E-state index in [-0.39, 0.29) is 5.91 Å². The van der Waals surface area contributed by atoms with Gasteiger partial charge in [-0.05, 0) is 84.9 Å². The van der Waals surface area contributed by atoms with Crippen LogP contribution in [0.4, 0.5) is 11.4 Å². The van der Waals surface area contributed by atoms with Crippen molar-refractivity contribution in [2.75, 3.05) is 17.4 Å². The van der Waals surface area contributed by atoms with E-state index in [4.69, 9.17) is 14.2 Å². The normalized spacial score (nSPS) is 10.3. The quantitative estimate of drug-likeness (QED) is 0.251. The van der Waals surface area contributed by atoms with Crippen molar-refractivity contribution in [3.05, 3.63) is 103 Å². The highest BCUT2D eigenvalue weighted by atomic mass is 16.5. The maximum Gasteiger partial charge on any atom is 0.224 e. The van der Waals surface area contributed by atoms with Crippen molar-refractivity contribution in [3.63, 3.8) is 0 Å². The minimum absolute atomic E-state index is 0.0211. The molecule has 0 saturated carbocycles. The summed E-state index contributed by atoms with van der Waals surface area (Å²) in [4.78, 5) is 11.5. The van der Waals surface area contributed by atoms with Crippen molar-refractivity contribution >= 4 is 17.3 Å². The predicted octanol–water partition coefficient (Wildman–Crippen LogP) is 7.07. The van der Waals surface area contributed by atoms with E-state index in [1.54, 1.807) is 0 Å². The van der Waals surface area contributed by atoms with Crippen LogP contribution in [0, 0.1) is 0 Å². The number of amides is 1. The minimum Gasteiger partial charge on any atom is -0.473 e. The Morgan fingerprint density at radius 1 is 0.618 bits per heavy atom. The molecule has 0 aliphatic carbocycles. The van der Waals surface area contributed by atoms with Gasteiger partial charge in [0, 0.05) is 17.8 Å². The second-order valence-corrected chi connectivity index (χ2v) is 7.40. The standard InChI is InChI=1S/C28H26N2O4/c1-2-28(31)30-22-10-14-25(15-11-22)34-27-18-16-26(17-19-27)33-24-12-8-21(9-13-24)29-20-32-23-6-4-3-5-7-23/h3-19,29H,2,20H2,1H3,(H,30,31). The highest BCUT2D eigenvalue weighted by Gasteiger charge is 2.03. The number of hydrogen-bond acceptors (Lipinski definition) is 5. The molecule has 0 unspecified atom stereocenters. The van der Waals surface area contributed by atoms with Gasteiger partial charge in [0.2, 0.25) is 5.91 Å². The molecule has 2 N–H and O–H groups in total. The first kappa shape index (κ1) is 22.7. The number of para-hydroxylation sites is 1. The molecule has 1 amide bonds. The lowest BCUT2D eigenvalue weighted by molar-refractivity contribution is -0.115. The molecule has 4 aromatic rings. The van der Waals surface area contributed by atoms with Gasteiger partial charge in [-0.25, -0.2) is 0 Å². The number of ether oxygens (including phenoxy) is 3. The molecule has 0 spiro atoms. The zero-order chi connectivity index (χ0) is 23.6. The van der Waals surface area contributed by atoms with E-state index in [1.807, 2.05) is 110 Å². The molecule has 0 aliphatic rings. The first-order valence-corrected chi connectivity index (χ1v) is 11.1. The summed E-state index contributed by atoms with van der Waals surface area (Å²) in [5.41, 5.74) is 1.68. The van der Waals surface area contributed by atoms with Crippen LogP contribution in [-0.4, -0.2) is 12.6 Å². The maximum absolute atomic E-state index is 11.5. The molecule has 4 rings (SSSR count). The Hall–Kier alpha value is -4.45. The number of nitrogens with one attached hydrogen (secondary N) is 2. The molecule has 6 heteroatoms. The molecular formula is C28H26N2O4. The van der Waals surface area contributed by atoms with Gasteiger partial charge in [0.25, 0.3) is 0 Å². The van der Waals surface area contributed by atoms with Gasteiger partial charge in [0.05, 0.1) is 0 Å². The summed E-state index contributed by atoms with van der Waals surface area (Å²) in [6.07, 6.45) is 0.442. The highest BCUT2D eigenvalue weighted by molar-refractivity contribution is 5.90. The molecule has 0 aromatic heterocycles. The van der Waals surface area contributed by atoms with Gasteiger partial charge in [-0.1, -0.05) is 25.1 Å². The van der Waals surface area contributed by atoms with Crippen molar-refractivity contribution < 1.29 is 19.0 Å². The molecule has 34 heavy (non-hydrogen) atoms. The van der Waals surface area contributed by atoms with E-state index in [2.05, 4.69) is 10.6 Å². The van der Waals surface area contributed by atoms with Crippen LogP contribution in [0.5, 0.6) is 28.7 Å². The van der Waals surface area contributed by atoms with E-state index in [1.165, 1.54) is 0 Å². The van der Waals surface area contributed by atoms with Gasteiger partial charge in [-0.2, -0.15) is 0 Å². The van der Waals surface area contributed by atoms with E-state index in [0.717, 1.165) is 22.9 Å². The van der Waals surface area contributed by atoms with Crippen LogP contribution in [0.15, 0.2) is 103 Å². The van der Waals surface area contributed by atoms with Crippen molar-refractivity contribution in [2.24, 2.45) is 0 Å². The van der Waals surface area contributed by atoms with Gasteiger partial charge in [-0.3, -0.25) is 4.79 Å². The molecule has 0 bridgehead atoms. The van der Waals surface area contributed by atoms with E-state index in [9.17, 15) is 4.79 Å². The maximum atomic E-state index is 11.5. The van der Waals surface area contributed by atoms with Crippen LogP contribution in [0.3, 0.4) is 0 Å². The fourth-order valence-electron chi connectivity index (χ4n) is 3.06. The van der Waals surface area contributed by atoms with Crippen molar-refractivity contribution in [1.29, 1.82) is 0 Å². The molecule has 0 fully saturated rings. The number of hydrogen-bond donors (Lipinski definition) is 2. The van der Waals surface area contributed by atoms with E-state index >= 15 is 0 Å². The summed E-state index contributed by atoms with van der Waals surface area (Å²) in [6.45, 7) is 2.19. The summed E-state index contributed by atoms with van der Waals surface area (Å²) >= 11 is 0. The second-order valence-electron chi connectivity index (χ2n) is 7.40. The van der Waals surface area contributed by atoms with Crippen molar-refractivity contribution in [1.82, 2.24) is 0 Å². The molecule has 0 atom stereocenters. The van der Waals surface area contributed by atoms with Crippen LogP contribution in [0.1, 0.15) is 13.3 Å². The third kappa shape index (κ3) is 6.77. The Labute approximate surface area is 199 Å². The number of carbonyl (C=O) groups excluding carboxylic acids is 1. The van der Waals surface area contributed by atoms with Gasteiger partial charge in [-0.15, -0.1) is 0 Å². The van der Waals surface area contributed by atoms with Crippen molar-refractivity contribution in [2.45, 2.75) is 13.3 Å². The molecule has 6 nitrogen and oxygen atoms in total. The summed E-state index contributed by atoms with van der Waals surface area (Å²) in [7, 11) is 0.